The normalized spacial score (nSPS) is 10.8. The summed E-state index contributed by atoms with van der Waals surface area (Å²) in [7, 11) is 1.52. The number of aryl methyl sites for hydroxylation is 2. The summed E-state index contributed by atoms with van der Waals surface area (Å²) < 4.78 is 10.7. The van der Waals surface area contributed by atoms with Crippen LogP contribution in [0.3, 0.4) is 0 Å². The lowest BCUT2D eigenvalue weighted by atomic mass is 10.1. The monoisotopic (exact) mass is 489 g/mol. The van der Waals surface area contributed by atoms with Gasteiger partial charge in [-0.1, -0.05) is 47.5 Å². The standard InChI is InChI=1S/C27H24ClN3O4/c1-17-8-10-22(18(2)12-17)31-27(33)20(15-29)13-19-9-11-24(21(28)14-19)35-16-26(32)30-23-6-4-5-7-25(23)34-3/h4-14H,16H2,1-3H3,(H,30,32)(H,31,33)/b20-13+. The van der Waals surface area contributed by atoms with E-state index in [-0.39, 0.29) is 28.9 Å². The molecule has 178 valence electrons. The Morgan fingerprint density at radius 2 is 1.77 bits per heavy atom. The number of nitriles is 1. The fourth-order valence-electron chi connectivity index (χ4n) is 3.26. The third kappa shape index (κ3) is 6.85. The van der Waals surface area contributed by atoms with Crippen molar-refractivity contribution in [3.63, 3.8) is 0 Å². The van der Waals surface area contributed by atoms with Gasteiger partial charge in [0.1, 0.15) is 23.1 Å². The van der Waals surface area contributed by atoms with E-state index in [4.69, 9.17) is 21.1 Å². The maximum absolute atomic E-state index is 12.6. The van der Waals surface area contributed by atoms with Gasteiger partial charge in [-0.2, -0.15) is 5.26 Å². The Hall–Kier alpha value is -4.28. The third-order valence-electron chi connectivity index (χ3n) is 5.00. The molecular formula is C27H24ClN3O4. The van der Waals surface area contributed by atoms with Crippen molar-refractivity contribution in [1.82, 2.24) is 0 Å². The van der Waals surface area contributed by atoms with Crippen LogP contribution in [0.15, 0.2) is 66.2 Å². The van der Waals surface area contributed by atoms with Crippen LogP contribution in [0.2, 0.25) is 5.02 Å². The zero-order chi connectivity index (χ0) is 25.4. The van der Waals surface area contributed by atoms with Crippen LogP contribution in [0.4, 0.5) is 11.4 Å². The Kier molecular flexibility index (Phi) is 8.49. The molecular weight excluding hydrogens is 466 g/mol. The molecule has 0 heterocycles. The summed E-state index contributed by atoms with van der Waals surface area (Å²) >= 11 is 6.30. The number of amides is 2. The highest BCUT2D eigenvalue weighted by Gasteiger charge is 2.13. The second-order valence-corrected chi connectivity index (χ2v) is 8.08. The molecule has 0 bridgehead atoms. The summed E-state index contributed by atoms with van der Waals surface area (Å²) in [4.78, 5) is 24.9. The number of halogens is 1. The number of para-hydroxylation sites is 2. The van der Waals surface area contributed by atoms with Gasteiger partial charge in [0.15, 0.2) is 6.61 Å². The molecule has 0 unspecified atom stereocenters. The maximum Gasteiger partial charge on any atom is 0.266 e. The van der Waals surface area contributed by atoms with Gasteiger partial charge < -0.3 is 20.1 Å². The Balaban J connectivity index is 1.65. The molecule has 0 aliphatic heterocycles. The molecule has 0 aromatic heterocycles. The summed E-state index contributed by atoms with van der Waals surface area (Å²) in [5, 5.41) is 15.2. The molecule has 2 N–H and O–H groups in total. The number of hydrogen-bond donors (Lipinski definition) is 2. The van der Waals surface area contributed by atoms with Gasteiger partial charge in [-0.15, -0.1) is 0 Å². The van der Waals surface area contributed by atoms with Crippen LogP contribution in [-0.4, -0.2) is 25.5 Å². The first-order chi connectivity index (χ1) is 16.8. The van der Waals surface area contributed by atoms with Crippen LogP contribution in [0, 0.1) is 25.2 Å². The topological polar surface area (TPSA) is 100 Å². The highest BCUT2D eigenvalue weighted by atomic mass is 35.5. The van der Waals surface area contributed by atoms with Crippen molar-refractivity contribution < 1.29 is 19.1 Å². The van der Waals surface area contributed by atoms with Gasteiger partial charge in [0.2, 0.25) is 0 Å². The average Bonchev–Trinajstić information content (AvgIpc) is 2.84. The summed E-state index contributed by atoms with van der Waals surface area (Å²) in [5.74, 6) is -0.0876. The molecule has 3 rings (SSSR count). The van der Waals surface area contributed by atoms with E-state index in [0.29, 0.717) is 22.7 Å². The molecule has 35 heavy (non-hydrogen) atoms. The van der Waals surface area contributed by atoms with E-state index in [2.05, 4.69) is 10.6 Å². The molecule has 0 aliphatic rings. The minimum atomic E-state index is -0.524. The minimum Gasteiger partial charge on any atom is -0.495 e. The molecule has 0 fully saturated rings. The molecule has 3 aromatic rings. The molecule has 0 saturated carbocycles. The number of methoxy groups -OCH3 is 1. The Morgan fingerprint density at radius 1 is 1.00 bits per heavy atom. The highest BCUT2D eigenvalue weighted by Crippen LogP contribution is 2.27. The number of anilines is 2. The number of nitrogens with one attached hydrogen (secondary N) is 2. The molecule has 8 heteroatoms. The fourth-order valence-corrected chi connectivity index (χ4v) is 3.50. The molecule has 0 atom stereocenters. The zero-order valence-electron chi connectivity index (χ0n) is 19.5. The first kappa shape index (κ1) is 25.3. The van der Waals surface area contributed by atoms with Crippen molar-refractivity contribution >= 4 is 40.9 Å². The summed E-state index contributed by atoms with van der Waals surface area (Å²) in [6.07, 6.45) is 1.43. The molecule has 0 spiro atoms. The van der Waals surface area contributed by atoms with Gasteiger partial charge in [-0.25, -0.2) is 0 Å². The van der Waals surface area contributed by atoms with Crippen molar-refractivity contribution in [3.05, 3.63) is 87.9 Å². The quantitative estimate of drug-likeness (QED) is 0.320. The lowest BCUT2D eigenvalue weighted by Gasteiger charge is -2.11. The predicted molar refractivity (Wildman–Crippen MR) is 137 cm³/mol. The lowest BCUT2D eigenvalue weighted by molar-refractivity contribution is -0.118. The van der Waals surface area contributed by atoms with Crippen LogP contribution >= 0.6 is 11.6 Å². The molecule has 3 aromatic carbocycles. The summed E-state index contributed by atoms with van der Waals surface area (Å²) in [5.41, 5.74) is 3.59. The van der Waals surface area contributed by atoms with Crippen LogP contribution in [0.25, 0.3) is 6.08 Å². The van der Waals surface area contributed by atoms with Crippen LogP contribution in [0.5, 0.6) is 11.5 Å². The van der Waals surface area contributed by atoms with E-state index in [1.807, 2.05) is 32.0 Å². The van der Waals surface area contributed by atoms with Crippen LogP contribution < -0.4 is 20.1 Å². The van der Waals surface area contributed by atoms with Gasteiger partial charge in [0.25, 0.3) is 11.8 Å². The van der Waals surface area contributed by atoms with Gasteiger partial charge in [-0.3, -0.25) is 9.59 Å². The number of benzene rings is 3. The lowest BCUT2D eigenvalue weighted by Crippen LogP contribution is -2.20. The smallest absolute Gasteiger partial charge is 0.266 e. The fraction of sp³-hybridized carbons (Fsp3) is 0.148. The molecule has 0 radical (unpaired) electrons. The number of nitrogens with zero attached hydrogens (tertiary/aromatic N) is 1. The first-order valence-corrected chi connectivity index (χ1v) is 11.0. The number of carbonyl (C=O) groups is 2. The maximum atomic E-state index is 12.6. The third-order valence-corrected chi connectivity index (χ3v) is 5.30. The second kappa shape index (κ2) is 11.7. The first-order valence-electron chi connectivity index (χ1n) is 10.7. The summed E-state index contributed by atoms with van der Waals surface area (Å²) in [6, 6.07) is 19.3. The van der Waals surface area contributed by atoms with E-state index >= 15 is 0 Å². The highest BCUT2D eigenvalue weighted by molar-refractivity contribution is 6.32. The van der Waals surface area contributed by atoms with Crippen molar-refractivity contribution in [2.75, 3.05) is 24.4 Å². The average molecular weight is 490 g/mol. The van der Waals surface area contributed by atoms with Crippen LogP contribution in [-0.2, 0) is 9.59 Å². The van der Waals surface area contributed by atoms with Crippen molar-refractivity contribution in [3.8, 4) is 17.6 Å². The number of carbonyl (C=O) groups excluding carboxylic acids is 2. The van der Waals surface area contributed by atoms with Crippen molar-refractivity contribution in [1.29, 1.82) is 5.26 Å². The van der Waals surface area contributed by atoms with Gasteiger partial charge in [-0.05, 0) is 61.4 Å². The molecule has 0 aliphatic carbocycles. The Labute approximate surface area is 208 Å². The van der Waals surface area contributed by atoms with Crippen molar-refractivity contribution in [2.24, 2.45) is 0 Å². The van der Waals surface area contributed by atoms with Gasteiger partial charge >= 0.3 is 0 Å². The predicted octanol–water partition coefficient (Wildman–Crippen LogP) is 5.53. The van der Waals surface area contributed by atoms with Gasteiger partial charge in [0.05, 0.1) is 17.8 Å². The second-order valence-electron chi connectivity index (χ2n) is 7.67. The van der Waals surface area contributed by atoms with E-state index in [0.717, 1.165) is 11.1 Å². The largest absolute Gasteiger partial charge is 0.495 e. The van der Waals surface area contributed by atoms with Crippen molar-refractivity contribution in [2.45, 2.75) is 13.8 Å². The summed E-state index contributed by atoms with van der Waals surface area (Å²) in [6.45, 7) is 3.57. The molecule has 2 amide bonds. The number of rotatable bonds is 8. The number of hydrogen-bond acceptors (Lipinski definition) is 5. The Bertz CT molecular complexity index is 1330. The van der Waals surface area contributed by atoms with Crippen LogP contribution in [0.1, 0.15) is 16.7 Å². The molecule has 0 saturated heterocycles. The van der Waals surface area contributed by atoms with E-state index in [9.17, 15) is 14.9 Å². The van der Waals surface area contributed by atoms with E-state index in [1.54, 1.807) is 48.5 Å². The van der Waals surface area contributed by atoms with Gasteiger partial charge in [0, 0.05) is 5.69 Å². The van der Waals surface area contributed by atoms with E-state index < -0.39 is 5.91 Å². The Morgan fingerprint density at radius 3 is 2.46 bits per heavy atom. The van der Waals surface area contributed by atoms with E-state index in [1.165, 1.54) is 13.2 Å². The SMILES string of the molecule is COc1ccccc1NC(=O)COc1ccc(/C=C(\C#N)C(=O)Nc2ccc(C)cc2C)cc1Cl. The zero-order valence-corrected chi connectivity index (χ0v) is 20.3. The molecule has 7 nitrogen and oxygen atoms in total. The number of ether oxygens (including phenoxy) is 2. The minimum absolute atomic E-state index is 0.0779.